The Kier molecular flexibility index (Phi) is 4.04. The molecule has 9 heteroatoms. The molecule has 156 valence electrons. The molecule has 0 spiro atoms. The molecular formula is C22H18ClN5O3. The van der Waals surface area contributed by atoms with E-state index in [9.17, 15) is 4.79 Å². The van der Waals surface area contributed by atoms with E-state index < -0.39 is 0 Å². The highest BCUT2D eigenvalue weighted by Gasteiger charge is 2.27. The number of aryl methyl sites for hydroxylation is 1. The molecule has 2 N–H and O–H groups in total. The topological polar surface area (TPSA) is 102 Å². The van der Waals surface area contributed by atoms with E-state index in [0.717, 1.165) is 46.8 Å². The predicted octanol–water partition coefficient (Wildman–Crippen LogP) is 4.25. The quantitative estimate of drug-likeness (QED) is 0.454. The summed E-state index contributed by atoms with van der Waals surface area (Å²) >= 11 is 6.07. The molecule has 0 saturated heterocycles. The average molecular weight is 436 g/mol. The first-order chi connectivity index (χ1) is 15.1. The van der Waals surface area contributed by atoms with Gasteiger partial charge in [-0.05, 0) is 56.0 Å². The van der Waals surface area contributed by atoms with Crippen LogP contribution in [0.15, 0.2) is 28.7 Å². The Morgan fingerprint density at radius 3 is 2.97 bits per heavy atom. The minimum Gasteiger partial charge on any atom is -0.449 e. The van der Waals surface area contributed by atoms with Gasteiger partial charge in [0.15, 0.2) is 0 Å². The zero-order valence-electron chi connectivity index (χ0n) is 16.7. The van der Waals surface area contributed by atoms with Crippen molar-refractivity contribution < 1.29 is 13.9 Å². The van der Waals surface area contributed by atoms with Gasteiger partial charge in [-0.3, -0.25) is 4.79 Å². The molecule has 1 atom stereocenters. The van der Waals surface area contributed by atoms with Gasteiger partial charge in [0.2, 0.25) is 22.8 Å². The van der Waals surface area contributed by atoms with Gasteiger partial charge >= 0.3 is 0 Å². The first-order valence-electron chi connectivity index (χ1n) is 10.2. The van der Waals surface area contributed by atoms with E-state index in [1.54, 1.807) is 6.07 Å². The van der Waals surface area contributed by atoms with Crippen LogP contribution < -0.4 is 15.4 Å². The van der Waals surface area contributed by atoms with E-state index in [-0.39, 0.29) is 17.2 Å². The normalized spacial score (nSPS) is 17.7. The van der Waals surface area contributed by atoms with Crippen LogP contribution in [-0.4, -0.2) is 33.4 Å². The number of rotatable bonds is 2. The molecule has 1 aromatic carbocycles. The standard InChI is InChI=1S/C22H18ClN5O3/c1-10-9-24-18-17-11-5-8-16(31-21-12-3-2-4-13(12)27-22(23)28-21)26-14(11)6-7-15(17)30-19(18)20(29)25-10/h5-8,10,24H,2-4,9H2,1H3,(H,25,29). The van der Waals surface area contributed by atoms with Crippen LogP contribution in [0.2, 0.25) is 5.28 Å². The van der Waals surface area contributed by atoms with Gasteiger partial charge in [0.05, 0.1) is 22.3 Å². The van der Waals surface area contributed by atoms with Gasteiger partial charge in [-0.15, -0.1) is 0 Å². The summed E-state index contributed by atoms with van der Waals surface area (Å²) < 4.78 is 11.9. The molecular weight excluding hydrogens is 418 g/mol. The lowest BCUT2D eigenvalue weighted by molar-refractivity contribution is 0.0920. The molecule has 8 nitrogen and oxygen atoms in total. The second kappa shape index (κ2) is 6.81. The van der Waals surface area contributed by atoms with E-state index in [2.05, 4.69) is 25.6 Å². The number of hydrogen-bond acceptors (Lipinski definition) is 7. The van der Waals surface area contributed by atoms with E-state index in [1.165, 1.54) is 0 Å². The molecule has 1 unspecified atom stereocenters. The second-order valence-corrected chi connectivity index (χ2v) is 8.23. The van der Waals surface area contributed by atoms with E-state index in [0.29, 0.717) is 35.3 Å². The van der Waals surface area contributed by atoms with E-state index in [4.69, 9.17) is 20.8 Å². The average Bonchev–Trinajstić information content (AvgIpc) is 3.33. The molecule has 2 aliphatic rings. The van der Waals surface area contributed by atoms with Crippen molar-refractivity contribution in [2.24, 2.45) is 0 Å². The number of fused-ring (bicyclic) bond motifs is 6. The van der Waals surface area contributed by atoms with E-state index in [1.807, 2.05) is 25.1 Å². The van der Waals surface area contributed by atoms with Crippen molar-refractivity contribution in [1.82, 2.24) is 20.3 Å². The third-order valence-corrected chi connectivity index (χ3v) is 5.90. The molecule has 4 heterocycles. The fourth-order valence-electron chi connectivity index (χ4n) is 4.32. The number of carbonyl (C=O) groups excluding carboxylic acids is 1. The van der Waals surface area contributed by atoms with Crippen LogP contribution in [-0.2, 0) is 12.8 Å². The Balaban J connectivity index is 1.45. The first-order valence-corrected chi connectivity index (χ1v) is 10.6. The van der Waals surface area contributed by atoms with Crippen molar-refractivity contribution in [3.63, 3.8) is 0 Å². The summed E-state index contributed by atoms with van der Waals surface area (Å²) in [5.74, 6) is 0.951. The fraction of sp³-hybridized carbons (Fsp3) is 0.273. The molecule has 4 aromatic rings. The second-order valence-electron chi connectivity index (χ2n) is 7.90. The number of benzene rings is 1. The third kappa shape index (κ3) is 2.97. The van der Waals surface area contributed by atoms with Gasteiger partial charge in [0.1, 0.15) is 5.58 Å². The smallest absolute Gasteiger partial charge is 0.289 e. The van der Waals surface area contributed by atoms with Crippen molar-refractivity contribution in [3.05, 3.63) is 46.6 Å². The number of amides is 1. The Morgan fingerprint density at radius 1 is 1.16 bits per heavy atom. The van der Waals surface area contributed by atoms with Crippen molar-refractivity contribution in [2.45, 2.75) is 32.2 Å². The Morgan fingerprint density at radius 2 is 2.06 bits per heavy atom. The van der Waals surface area contributed by atoms with Gasteiger partial charge in [0, 0.05) is 29.6 Å². The summed E-state index contributed by atoms with van der Waals surface area (Å²) in [5, 5.41) is 8.14. The number of halogens is 1. The number of aromatic nitrogens is 3. The van der Waals surface area contributed by atoms with Gasteiger partial charge in [-0.1, -0.05) is 0 Å². The van der Waals surface area contributed by atoms with Crippen LogP contribution in [0, 0.1) is 0 Å². The summed E-state index contributed by atoms with van der Waals surface area (Å²) in [6, 6.07) is 7.39. The molecule has 1 aliphatic heterocycles. The first kappa shape index (κ1) is 18.4. The lowest BCUT2D eigenvalue weighted by Gasteiger charge is -2.10. The molecule has 1 amide bonds. The van der Waals surface area contributed by atoms with Gasteiger partial charge in [-0.2, -0.15) is 4.98 Å². The molecule has 0 bridgehead atoms. The number of hydrogen-bond donors (Lipinski definition) is 2. The maximum absolute atomic E-state index is 12.5. The van der Waals surface area contributed by atoms with Crippen LogP contribution in [0.1, 0.15) is 35.2 Å². The van der Waals surface area contributed by atoms with Crippen molar-refractivity contribution in [1.29, 1.82) is 0 Å². The van der Waals surface area contributed by atoms with Crippen molar-refractivity contribution in [3.8, 4) is 11.8 Å². The lowest BCUT2D eigenvalue weighted by Crippen LogP contribution is -2.34. The SMILES string of the molecule is CC1CNc2c(oc3ccc4nc(Oc5nc(Cl)nc6c5CCC6)ccc4c23)C(=O)N1. The largest absolute Gasteiger partial charge is 0.449 e. The van der Waals surface area contributed by atoms with Gasteiger partial charge in [0.25, 0.3) is 5.91 Å². The van der Waals surface area contributed by atoms with Crippen LogP contribution in [0.4, 0.5) is 5.69 Å². The minimum absolute atomic E-state index is 0.000307. The Hall–Kier alpha value is -3.39. The highest BCUT2D eigenvalue weighted by molar-refractivity contribution is 6.28. The number of carbonyl (C=O) groups is 1. The summed E-state index contributed by atoms with van der Waals surface area (Å²) in [4.78, 5) is 25.7. The number of pyridine rings is 1. The highest BCUT2D eigenvalue weighted by Crippen LogP contribution is 2.38. The fourth-order valence-corrected chi connectivity index (χ4v) is 4.50. The summed E-state index contributed by atoms with van der Waals surface area (Å²) in [5.41, 5.74) is 3.98. The monoisotopic (exact) mass is 435 g/mol. The maximum atomic E-state index is 12.5. The van der Waals surface area contributed by atoms with Crippen LogP contribution >= 0.6 is 11.6 Å². The van der Waals surface area contributed by atoms with Gasteiger partial charge in [-0.25, -0.2) is 9.97 Å². The Labute approximate surface area is 182 Å². The summed E-state index contributed by atoms with van der Waals surface area (Å²) in [6.07, 6.45) is 2.75. The zero-order chi connectivity index (χ0) is 21.1. The minimum atomic E-state index is -0.223. The van der Waals surface area contributed by atoms with Crippen LogP contribution in [0.3, 0.4) is 0 Å². The van der Waals surface area contributed by atoms with E-state index >= 15 is 0 Å². The molecule has 0 radical (unpaired) electrons. The third-order valence-electron chi connectivity index (χ3n) is 5.73. The number of nitrogens with one attached hydrogen (secondary N) is 2. The molecule has 0 fully saturated rings. The highest BCUT2D eigenvalue weighted by atomic mass is 35.5. The number of anilines is 1. The molecule has 3 aromatic heterocycles. The molecule has 0 saturated carbocycles. The molecule has 1 aliphatic carbocycles. The van der Waals surface area contributed by atoms with Crippen LogP contribution in [0.25, 0.3) is 21.9 Å². The summed E-state index contributed by atoms with van der Waals surface area (Å²) in [6.45, 7) is 2.55. The predicted molar refractivity (Wildman–Crippen MR) is 116 cm³/mol. The molecule has 6 rings (SSSR count). The summed E-state index contributed by atoms with van der Waals surface area (Å²) in [7, 11) is 0. The van der Waals surface area contributed by atoms with Crippen molar-refractivity contribution >= 4 is 45.1 Å². The zero-order valence-corrected chi connectivity index (χ0v) is 17.4. The van der Waals surface area contributed by atoms with Crippen LogP contribution in [0.5, 0.6) is 11.8 Å². The number of ether oxygens (including phenoxy) is 1. The van der Waals surface area contributed by atoms with Gasteiger partial charge < -0.3 is 19.8 Å². The number of nitrogens with zero attached hydrogens (tertiary/aromatic N) is 3. The Bertz CT molecular complexity index is 1380. The molecule has 31 heavy (non-hydrogen) atoms. The lowest BCUT2D eigenvalue weighted by atomic mass is 10.1. The number of furan rings is 1. The van der Waals surface area contributed by atoms with Crippen molar-refractivity contribution in [2.75, 3.05) is 11.9 Å². The maximum Gasteiger partial charge on any atom is 0.289 e.